The van der Waals surface area contributed by atoms with Gasteiger partial charge in [0.25, 0.3) is 0 Å². The second-order valence-corrected chi connectivity index (χ2v) is 4.51. The van der Waals surface area contributed by atoms with Crippen molar-refractivity contribution in [2.24, 2.45) is 0 Å². The molecule has 4 heteroatoms. The third-order valence-electron chi connectivity index (χ3n) is 2.86. The fraction of sp³-hybridized carbons (Fsp3) is 0.727. The molecule has 0 spiro atoms. The summed E-state index contributed by atoms with van der Waals surface area (Å²) in [6, 6.07) is 0. The Morgan fingerprint density at radius 3 is 2.47 bits per heavy atom. The number of nitrogens with zero attached hydrogens (tertiary/aromatic N) is 1. The molecular weight excluding hydrogens is 194 g/mol. The molecule has 1 rings (SSSR count). The van der Waals surface area contributed by atoms with Gasteiger partial charge in [-0.05, 0) is 19.9 Å². The van der Waals surface area contributed by atoms with Crippen LogP contribution in [-0.4, -0.2) is 46.8 Å². The van der Waals surface area contributed by atoms with E-state index in [0.29, 0.717) is 13.1 Å². The molecule has 2 N–H and O–H groups in total. The van der Waals surface area contributed by atoms with Crippen LogP contribution in [0.4, 0.5) is 0 Å². The monoisotopic (exact) mass is 213 g/mol. The minimum atomic E-state index is -0.972. The molecule has 0 amide bonds. The van der Waals surface area contributed by atoms with Crippen LogP contribution < -0.4 is 0 Å². The van der Waals surface area contributed by atoms with Crippen LogP contribution in [0, 0.1) is 0 Å². The molecule has 1 aliphatic rings. The number of aliphatic hydroxyl groups is 1. The van der Waals surface area contributed by atoms with E-state index in [4.69, 9.17) is 5.11 Å². The maximum Gasteiger partial charge on any atom is 0.332 e. The third-order valence-corrected chi connectivity index (χ3v) is 2.86. The van der Waals surface area contributed by atoms with E-state index in [1.165, 1.54) is 0 Å². The summed E-state index contributed by atoms with van der Waals surface area (Å²) in [5.74, 6) is -0.972. The van der Waals surface area contributed by atoms with Gasteiger partial charge in [-0.25, -0.2) is 4.79 Å². The highest BCUT2D eigenvalue weighted by atomic mass is 16.4. The summed E-state index contributed by atoms with van der Waals surface area (Å²) in [6.07, 6.45) is 3.75. The lowest BCUT2D eigenvalue weighted by Crippen LogP contribution is -2.40. The van der Waals surface area contributed by atoms with Crippen molar-refractivity contribution < 1.29 is 15.0 Å². The number of hydrogen-bond acceptors (Lipinski definition) is 3. The molecule has 0 radical (unpaired) electrons. The average Bonchev–Trinajstić information content (AvgIpc) is 2.50. The van der Waals surface area contributed by atoms with Crippen molar-refractivity contribution >= 4 is 5.97 Å². The van der Waals surface area contributed by atoms with Crippen LogP contribution in [0.1, 0.15) is 25.7 Å². The van der Waals surface area contributed by atoms with Gasteiger partial charge in [0.2, 0.25) is 0 Å². The number of carboxylic acid groups (broad SMARTS) is 1. The van der Waals surface area contributed by atoms with E-state index in [2.05, 4.69) is 6.58 Å². The van der Waals surface area contributed by atoms with Crippen LogP contribution >= 0.6 is 0 Å². The minimum Gasteiger partial charge on any atom is -0.478 e. The number of carbonyl (C=O) groups is 1. The lowest BCUT2D eigenvalue weighted by Gasteiger charge is -2.28. The van der Waals surface area contributed by atoms with Crippen molar-refractivity contribution in [1.82, 2.24) is 4.90 Å². The smallest absolute Gasteiger partial charge is 0.332 e. The summed E-state index contributed by atoms with van der Waals surface area (Å²) >= 11 is 0. The quantitative estimate of drug-likeness (QED) is 0.665. The van der Waals surface area contributed by atoms with E-state index in [1.54, 1.807) is 0 Å². The molecule has 0 aromatic rings. The summed E-state index contributed by atoms with van der Waals surface area (Å²) in [5, 5.41) is 18.8. The van der Waals surface area contributed by atoms with E-state index in [1.807, 2.05) is 11.9 Å². The molecule has 0 aromatic carbocycles. The SMILES string of the molecule is C=C(CN(C)CC1(O)CCCC1)C(=O)O. The van der Waals surface area contributed by atoms with Gasteiger partial charge >= 0.3 is 5.97 Å². The lowest BCUT2D eigenvalue weighted by atomic mass is 10.0. The Bertz CT molecular complexity index is 257. The Morgan fingerprint density at radius 1 is 1.47 bits per heavy atom. The molecule has 1 saturated carbocycles. The van der Waals surface area contributed by atoms with Gasteiger partial charge in [-0.3, -0.25) is 4.90 Å². The summed E-state index contributed by atoms with van der Waals surface area (Å²) in [4.78, 5) is 12.4. The highest BCUT2D eigenvalue weighted by Gasteiger charge is 2.32. The molecule has 4 nitrogen and oxygen atoms in total. The van der Waals surface area contributed by atoms with Crippen LogP contribution in [0.5, 0.6) is 0 Å². The molecular formula is C11H19NO3. The van der Waals surface area contributed by atoms with Gasteiger partial charge in [-0.1, -0.05) is 19.4 Å². The maximum absolute atomic E-state index is 10.6. The molecule has 1 fully saturated rings. The Hall–Kier alpha value is -0.870. The molecule has 0 aromatic heterocycles. The summed E-state index contributed by atoms with van der Waals surface area (Å²) in [6.45, 7) is 4.30. The first-order valence-corrected chi connectivity index (χ1v) is 5.25. The largest absolute Gasteiger partial charge is 0.478 e. The maximum atomic E-state index is 10.6. The van der Waals surface area contributed by atoms with Crippen LogP contribution in [0.2, 0.25) is 0 Å². The Morgan fingerprint density at radius 2 is 2.00 bits per heavy atom. The second kappa shape index (κ2) is 4.77. The number of hydrogen-bond donors (Lipinski definition) is 2. The normalized spacial score (nSPS) is 19.4. The van der Waals surface area contributed by atoms with E-state index < -0.39 is 11.6 Å². The topological polar surface area (TPSA) is 60.8 Å². The first-order valence-electron chi connectivity index (χ1n) is 5.25. The minimum absolute atomic E-state index is 0.166. The van der Waals surface area contributed by atoms with Gasteiger partial charge in [0.1, 0.15) is 0 Å². The Balaban J connectivity index is 2.38. The third kappa shape index (κ3) is 3.64. The number of rotatable bonds is 5. The number of carboxylic acids is 1. The fourth-order valence-corrected chi connectivity index (χ4v) is 2.14. The molecule has 0 bridgehead atoms. The first-order chi connectivity index (χ1) is 6.93. The Kier molecular flexibility index (Phi) is 3.88. The zero-order chi connectivity index (χ0) is 11.5. The van der Waals surface area contributed by atoms with Gasteiger partial charge in [0, 0.05) is 18.7 Å². The van der Waals surface area contributed by atoms with Crippen molar-refractivity contribution in [2.45, 2.75) is 31.3 Å². The van der Waals surface area contributed by atoms with Gasteiger partial charge in [0.05, 0.1) is 5.60 Å². The predicted molar refractivity (Wildman–Crippen MR) is 57.7 cm³/mol. The second-order valence-electron chi connectivity index (χ2n) is 4.51. The van der Waals surface area contributed by atoms with Crippen LogP contribution in [0.3, 0.4) is 0 Å². The van der Waals surface area contributed by atoms with Crippen molar-refractivity contribution in [3.63, 3.8) is 0 Å². The van der Waals surface area contributed by atoms with Crippen molar-refractivity contribution in [3.8, 4) is 0 Å². The molecule has 15 heavy (non-hydrogen) atoms. The predicted octanol–water partition coefficient (Wildman–Crippen LogP) is 0.864. The molecule has 0 heterocycles. The molecule has 0 aliphatic heterocycles. The van der Waals surface area contributed by atoms with Gasteiger partial charge in [-0.15, -0.1) is 0 Å². The van der Waals surface area contributed by atoms with E-state index in [9.17, 15) is 9.90 Å². The standard InChI is InChI=1S/C11H19NO3/c1-9(10(13)14)7-12(2)8-11(15)5-3-4-6-11/h15H,1,3-8H2,2H3,(H,13,14). The van der Waals surface area contributed by atoms with E-state index in [-0.39, 0.29) is 5.57 Å². The van der Waals surface area contributed by atoms with E-state index in [0.717, 1.165) is 25.7 Å². The van der Waals surface area contributed by atoms with Crippen LogP contribution in [-0.2, 0) is 4.79 Å². The highest BCUT2D eigenvalue weighted by molar-refractivity contribution is 5.86. The van der Waals surface area contributed by atoms with Crippen LogP contribution in [0.15, 0.2) is 12.2 Å². The van der Waals surface area contributed by atoms with Gasteiger partial charge in [0.15, 0.2) is 0 Å². The number of likely N-dealkylation sites (N-methyl/N-ethyl adjacent to an activating group) is 1. The summed E-state index contributed by atoms with van der Waals surface area (Å²) in [5.41, 5.74) is -0.452. The Labute approximate surface area is 90.2 Å². The zero-order valence-electron chi connectivity index (χ0n) is 9.20. The molecule has 0 atom stereocenters. The first kappa shape index (κ1) is 12.2. The zero-order valence-corrected chi connectivity index (χ0v) is 9.20. The van der Waals surface area contributed by atoms with Crippen molar-refractivity contribution in [3.05, 3.63) is 12.2 Å². The van der Waals surface area contributed by atoms with Gasteiger partial charge in [-0.2, -0.15) is 0 Å². The van der Waals surface area contributed by atoms with Crippen molar-refractivity contribution in [1.29, 1.82) is 0 Å². The molecule has 1 aliphatic carbocycles. The highest BCUT2D eigenvalue weighted by Crippen LogP contribution is 2.29. The molecule has 86 valence electrons. The van der Waals surface area contributed by atoms with Crippen LogP contribution in [0.25, 0.3) is 0 Å². The number of aliphatic carboxylic acids is 1. The summed E-state index contributed by atoms with van der Waals surface area (Å²) < 4.78 is 0. The van der Waals surface area contributed by atoms with E-state index >= 15 is 0 Å². The molecule has 0 saturated heterocycles. The lowest BCUT2D eigenvalue weighted by molar-refractivity contribution is -0.133. The fourth-order valence-electron chi connectivity index (χ4n) is 2.14. The van der Waals surface area contributed by atoms with Crippen molar-refractivity contribution in [2.75, 3.05) is 20.1 Å². The summed E-state index contributed by atoms with van der Waals surface area (Å²) in [7, 11) is 1.81. The molecule has 0 unspecified atom stereocenters. The average molecular weight is 213 g/mol. The van der Waals surface area contributed by atoms with Gasteiger partial charge < -0.3 is 10.2 Å².